The third-order valence-corrected chi connectivity index (χ3v) is 3.08. The second kappa shape index (κ2) is 6.79. The standard InChI is InChI=1S/C14H26O5/c1-9(2)12(16)13-11(15)8-14(5,19-10(3)4)18-7-6-17-13/h9-10,12-13,16H,6-8H2,1-5H3/t12-,13-,14-/m1/s1. The molecule has 0 amide bonds. The Morgan fingerprint density at radius 3 is 2.47 bits per heavy atom. The molecule has 1 fully saturated rings. The molecule has 0 unspecified atom stereocenters. The number of aliphatic hydroxyl groups excluding tert-OH is 1. The van der Waals surface area contributed by atoms with E-state index in [9.17, 15) is 9.90 Å². The van der Waals surface area contributed by atoms with Crippen molar-refractivity contribution in [2.24, 2.45) is 5.92 Å². The Morgan fingerprint density at radius 2 is 1.95 bits per heavy atom. The van der Waals surface area contributed by atoms with Gasteiger partial charge in [-0.1, -0.05) is 13.8 Å². The summed E-state index contributed by atoms with van der Waals surface area (Å²) in [7, 11) is 0. The van der Waals surface area contributed by atoms with Crippen LogP contribution in [0.4, 0.5) is 0 Å². The van der Waals surface area contributed by atoms with Gasteiger partial charge in [-0.3, -0.25) is 4.79 Å². The Labute approximate surface area is 115 Å². The average Bonchev–Trinajstić information content (AvgIpc) is 2.24. The maximum atomic E-state index is 12.3. The van der Waals surface area contributed by atoms with Crippen LogP contribution in [0.25, 0.3) is 0 Å². The largest absolute Gasteiger partial charge is 0.390 e. The van der Waals surface area contributed by atoms with E-state index >= 15 is 0 Å². The molecule has 0 aromatic heterocycles. The molecular weight excluding hydrogens is 248 g/mol. The van der Waals surface area contributed by atoms with Gasteiger partial charge in [0.2, 0.25) is 0 Å². The quantitative estimate of drug-likeness (QED) is 0.842. The molecule has 0 aliphatic carbocycles. The molecule has 0 aromatic carbocycles. The number of aliphatic hydroxyl groups is 1. The van der Waals surface area contributed by atoms with Gasteiger partial charge in [0.1, 0.15) is 6.10 Å². The van der Waals surface area contributed by atoms with E-state index in [0.717, 1.165) is 0 Å². The van der Waals surface area contributed by atoms with Crippen molar-refractivity contribution in [2.75, 3.05) is 13.2 Å². The number of ether oxygens (including phenoxy) is 3. The van der Waals surface area contributed by atoms with Crippen molar-refractivity contribution in [1.29, 1.82) is 0 Å². The van der Waals surface area contributed by atoms with Crippen LogP contribution in [0.5, 0.6) is 0 Å². The van der Waals surface area contributed by atoms with Gasteiger partial charge in [-0.25, -0.2) is 0 Å². The summed E-state index contributed by atoms with van der Waals surface area (Å²) in [6.45, 7) is 9.90. The Hall–Kier alpha value is -0.490. The number of carbonyl (C=O) groups excluding carboxylic acids is 1. The van der Waals surface area contributed by atoms with Crippen molar-refractivity contribution >= 4 is 5.78 Å². The van der Waals surface area contributed by atoms with Crippen LogP contribution >= 0.6 is 0 Å². The van der Waals surface area contributed by atoms with Crippen molar-refractivity contribution in [1.82, 2.24) is 0 Å². The van der Waals surface area contributed by atoms with Gasteiger partial charge in [0.25, 0.3) is 0 Å². The van der Waals surface area contributed by atoms with E-state index in [0.29, 0.717) is 6.61 Å². The van der Waals surface area contributed by atoms with Crippen LogP contribution in [0.3, 0.4) is 0 Å². The molecule has 0 radical (unpaired) electrons. The lowest BCUT2D eigenvalue weighted by Crippen LogP contribution is -2.48. The molecule has 0 aromatic rings. The summed E-state index contributed by atoms with van der Waals surface area (Å²) < 4.78 is 16.7. The fraction of sp³-hybridized carbons (Fsp3) is 0.929. The Kier molecular flexibility index (Phi) is 5.92. The summed E-state index contributed by atoms with van der Waals surface area (Å²) in [6.07, 6.45) is -1.54. The molecule has 5 heteroatoms. The lowest BCUT2D eigenvalue weighted by Gasteiger charge is -2.36. The van der Waals surface area contributed by atoms with Crippen molar-refractivity contribution in [3.63, 3.8) is 0 Å². The summed E-state index contributed by atoms with van der Waals surface area (Å²) in [4.78, 5) is 12.3. The zero-order chi connectivity index (χ0) is 14.6. The van der Waals surface area contributed by atoms with Crippen molar-refractivity contribution in [2.45, 2.75) is 65.1 Å². The van der Waals surface area contributed by atoms with E-state index < -0.39 is 18.0 Å². The highest BCUT2D eigenvalue weighted by Crippen LogP contribution is 2.25. The first-order valence-electron chi connectivity index (χ1n) is 6.89. The second-order valence-electron chi connectivity index (χ2n) is 5.82. The molecule has 1 aliphatic heterocycles. The second-order valence-corrected chi connectivity index (χ2v) is 5.82. The molecule has 112 valence electrons. The highest BCUT2D eigenvalue weighted by Gasteiger charge is 2.39. The highest BCUT2D eigenvalue weighted by molar-refractivity contribution is 5.84. The first-order chi connectivity index (χ1) is 8.75. The van der Waals surface area contributed by atoms with Gasteiger partial charge >= 0.3 is 0 Å². The third-order valence-electron chi connectivity index (χ3n) is 3.08. The summed E-state index contributed by atoms with van der Waals surface area (Å²) >= 11 is 0. The molecule has 0 spiro atoms. The van der Waals surface area contributed by atoms with Gasteiger partial charge < -0.3 is 19.3 Å². The molecule has 19 heavy (non-hydrogen) atoms. The van der Waals surface area contributed by atoms with E-state index in [-0.39, 0.29) is 30.8 Å². The Bertz CT molecular complexity index is 302. The van der Waals surface area contributed by atoms with Gasteiger partial charge in [0.05, 0.1) is 31.8 Å². The lowest BCUT2D eigenvalue weighted by molar-refractivity contribution is -0.257. The maximum Gasteiger partial charge on any atom is 0.172 e. The lowest BCUT2D eigenvalue weighted by atomic mass is 9.95. The number of carbonyl (C=O) groups is 1. The Morgan fingerprint density at radius 1 is 1.32 bits per heavy atom. The minimum absolute atomic E-state index is 0.0355. The molecule has 1 rings (SSSR count). The van der Waals surface area contributed by atoms with Gasteiger partial charge in [-0.05, 0) is 26.7 Å². The molecule has 1 N–H and O–H groups in total. The number of rotatable bonds is 4. The van der Waals surface area contributed by atoms with Crippen LogP contribution in [0.2, 0.25) is 0 Å². The summed E-state index contributed by atoms with van der Waals surface area (Å²) in [6, 6.07) is 0. The highest BCUT2D eigenvalue weighted by atomic mass is 16.7. The predicted octanol–water partition coefficient (Wildman–Crippen LogP) is 1.52. The Balaban J connectivity index is 2.78. The van der Waals surface area contributed by atoms with Crippen molar-refractivity contribution < 1.29 is 24.1 Å². The normalized spacial score (nSPS) is 31.4. The SMILES string of the molecule is CC(C)O[C@]1(C)CC(=O)[C@H]([C@H](O)C(C)C)OCCO1. The van der Waals surface area contributed by atoms with Crippen molar-refractivity contribution in [3.05, 3.63) is 0 Å². The van der Waals surface area contributed by atoms with E-state index in [1.165, 1.54) is 0 Å². The van der Waals surface area contributed by atoms with Crippen LogP contribution in [0.1, 0.15) is 41.0 Å². The van der Waals surface area contributed by atoms with E-state index in [1.54, 1.807) is 6.92 Å². The summed E-state index contributed by atoms with van der Waals surface area (Å²) in [5, 5.41) is 10.1. The third kappa shape index (κ3) is 4.84. The first kappa shape index (κ1) is 16.6. The molecule has 5 nitrogen and oxygen atoms in total. The monoisotopic (exact) mass is 274 g/mol. The van der Waals surface area contributed by atoms with E-state index in [2.05, 4.69) is 0 Å². The van der Waals surface area contributed by atoms with Gasteiger partial charge in [0, 0.05) is 0 Å². The number of hydrogen-bond acceptors (Lipinski definition) is 5. The molecule has 1 saturated heterocycles. The molecule has 1 heterocycles. The minimum atomic E-state index is -0.940. The maximum absolute atomic E-state index is 12.3. The topological polar surface area (TPSA) is 65.0 Å². The van der Waals surface area contributed by atoms with Crippen LogP contribution in [-0.2, 0) is 19.0 Å². The molecule has 0 saturated carbocycles. The summed E-state index contributed by atoms with van der Waals surface area (Å²) in [5.74, 6) is -1.15. The number of hydrogen-bond donors (Lipinski definition) is 1. The zero-order valence-electron chi connectivity index (χ0n) is 12.5. The zero-order valence-corrected chi connectivity index (χ0v) is 12.5. The van der Waals surface area contributed by atoms with Crippen LogP contribution in [-0.4, -0.2) is 48.2 Å². The van der Waals surface area contributed by atoms with Crippen LogP contribution in [0, 0.1) is 5.92 Å². The molecular formula is C14H26O5. The number of Topliss-reactive ketones (excluding diaryl/α,β-unsaturated/α-hetero) is 1. The number of ketones is 1. The van der Waals surface area contributed by atoms with Crippen molar-refractivity contribution in [3.8, 4) is 0 Å². The minimum Gasteiger partial charge on any atom is -0.390 e. The average molecular weight is 274 g/mol. The molecule has 0 bridgehead atoms. The van der Waals surface area contributed by atoms with Gasteiger partial charge in [0.15, 0.2) is 11.6 Å². The smallest absolute Gasteiger partial charge is 0.172 e. The van der Waals surface area contributed by atoms with E-state index in [1.807, 2.05) is 27.7 Å². The first-order valence-corrected chi connectivity index (χ1v) is 6.89. The summed E-state index contributed by atoms with van der Waals surface area (Å²) in [5.41, 5.74) is 0. The molecule has 1 aliphatic rings. The fourth-order valence-corrected chi connectivity index (χ4v) is 2.21. The van der Waals surface area contributed by atoms with E-state index in [4.69, 9.17) is 14.2 Å². The fourth-order valence-electron chi connectivity index (χ4n) is 2.21. The van der Waals surface area contributed by atoms with Gasteiger partial charge in [-0.15, -0.1) is 0 Å². The van der Waals surface area contributed by atoms with Crippen LogP contribution in [0.15, 0.2) is 0 Å². The van der Waals surface area contributed by atoms with Gasteiger partial charge in [-0.2, -0.15) is 0 Å². The molecule has 3 atom stereocenters. The predicted molar refractivity (Wildman–Crippen MR) is 70.8 cm³/mol. The van der Waals surface area contributed by atoms with Crippen LogP contribution < -0.4 is 0 Å².